The van der Waals surface area contributed by atoms with Gasteiger partial charge in [0, 0.05) is 5.56 Å². The fraction of sp³-hybridized carbons (Fsp3) is 0.0769. The van der Waals surface area contributed by atoms with Crippen molar-refractivity contribution in [1.29, 1.82) is 5.26 Å². The van der Waals surface area contributed by atoms with Crippen molar-refractivity contribution in [3.63, 3.8) is 0 Å². The number of benzene rings is 1. The van der Waals surface area contributed by atoms with Gasteiger partial charge in [0.05, 0.1) is 28.7 Å². The molecule has 0 atom stereocenters. The Balaban J connectivity index is 2.64. The highest BCUT2D eigenvalue weighted by Crippen LogP contribution is 2.36. The maximum atomic E-state index is 12.9. The van der Waals surface area contributed by atoms with Gasteiger partial charge < -0.3 is 5.73 Å². The number of anilines is 1. The molecule has 1 aromatic heterocycles. The van der Waals surface area contributed by atoms with E-state index in [4.69, 9.17) is 11.0 Å². The molecule has 0 aliphatic heterocycles. The molecule has 2 aromatic rings. The molecule has 0 unspecified atom stereocenters. The summed E-state index contributed by atoms with van der Waals surface area (Å²) in [6.45, 7) is 0. The fourth-order valence-electron chi connectivity index (χ4n) is 1.66. The van der Waals surface area contributed by atoms with Crippen LogP contribution < -0.4 is 5.73 Å². The van der Waals surface area contributed by atoms with Gasteiger partial charge in [-0.25, -0.2) is 0 Å². The Kier molecular flexibility index (Phi) is 3.13. The summed E-state index contributed by atoms with van der Waals surface area (Å²) in [6.07, 6.45) is -3.30. The van der Waals surface area contributed by atoms with Gasteiger partial charge in [0.2, 0.25) is 0 Å². The first-order valence-electron chi connectivity index (χ1n) is 5.25. The number of aromatic nitrogens is 1. The molecule has 96 valence electrons. The molecule has 19 heavy (non-hydrogen) atoms. The lowest BCUT2D eigenvalue weighted by molar-refractivity contribution is -0.137. The van der Waals surface area contributed by atoms with E-state index in [9.17, 15) is 13.2 Å². The van der Waals surface area contributed by atoms with Gasteiger partial charge in [0.15, 0.2) is 0 Å². The van der Waals surface area contributed by atoms with Gasteiger partial charge in [-0.15, -0.1) is 0 Å². The number of nitrogens with zero attached hydrogens (tertiary/aromatic N) is 2. The monoisotopic (exact) mass is 263 g/mol. The molecule has 0 aliphatic rings. The van der Waals surface area contributed by atoms with Crippen LogP contribution in [-0.4, -0.2) is 4.98 Å². The molecule has 2 N–H and O–H groups in total. The summed E-state index contributed by atoms with van der Waals surface area (Å²) in [6, 6.07) is 8.13. The van der Waals surface area contributed by atoms with Gasteiger partial charge in [-0.2, -0.15) is 18.4 Å². The molecular formula is C13H8F3N3. The highest BCUT2D eigenvalue weighted by atomic mass is 19.4. The minimum Gasteiger partial charge on any atom is -0.396 e. The van der Waals surface area contributed by atoms with Crippen molar-refractivity contribution in [3.05, 3.63) is 47.7 Å². The third-order valence-corrected chi connectivity index (χ3v) is 2.56. The summed E-state index contributed by atoms with van der Waals surface area (Å²) >= 11 is 0. The van der Waals surface area contributed by atoms with Gasteiger partial charge in [0.25, 0.3) is 0 Å². The van der Waals surface area contributed by atoms with Crippen LogP contribution >= 0.6 is 0 Å². The van der Waals surface area contributed by atoms with Gasteiger partial charge in [-0.3, -0.25) is 4.98 Å². The van der Waals surface area contributed by atoms with Crippen LogP contribution in [0.3, 0.4) is 0 Å². The van der Waals surface area contributed by atoms with E-state index in [0.29, 0.717) is 0 Å². The molecule has 0 aliphatic carbocycles. The number of pyridine rings is 1. The Morgan fingerprint density at radius 3 is 2.53 bits per heavy atom. The Bertz CT molecular complexity index is 657. The third-order valence-electron chi connectivity index (χ3n) is 2.56. The molecule has 0 saturated heterocycles. The molecule has 0 bridgehead atoms. The first kappa shape index (κ1) is 12.9. The molecular weight excluding hydrogens is 255 g/mol. The number of hydrogen-bond donors (Lipinski definition) is 1. The van der Waals surface area contributed by atoms with E-state index in [-0.39, 0.29) is 22.5 Å². The SMILES string of the molecule is N#Cc1cc(-c2ccccc2C(F)(F)F)ncc1N. The standard InChI is InChI=1S/C13H8F3N3/c14-13(15,16)10-4-2-1-3-9(10)12-5-8(6-17)11(18)7-19-12/h1-5,7H,18H2. The summed E-state index contributed by atoms with van der Waals surface area (Å²) in [5.41, 5.74) is 4.92. The molecule has 0 fully saturated rings. The molecule has 0 spiro atoms. The van der Waals surface area contributed by atoms with E-state index >= 15 is 0 Å². The zero-order valence-electron chi connectivity index (χ0n) is 9.57. The highest BCUT2D eigenvalue weighted by molar-refractivity contribution is 5.68. The summed E-state index contributed by atoms with van der Waals surface area (Å²) in [4.78, 5) is 3.86. The largest absolute Gasteiger partial charge is 0.417 e. The van der Waals surface area contributed by atoms with Crippen molar-refractivity contribution in [2.45, 2.75) is 6.18 Å². The van der Waals surface area contributed by atoms with E-state index in [2.05, 4.69) is 4.98 Å². The maximum absolute atomic E-state index is 12.9. The van der Waals surface area contributed by atoms with Crippen molar-refractivity contribution in [3.8, 4) is 17.3 Å². The lowest BCUT2D eigenvalue weighted by atomic mass is 10.0. The van der Waals surface area contributed by atoms with Gasteiger partial charge in [0.1, 0.15) is 6.07 Å². The van der Waals surface area contributed by atoms with E-state index in [0.717, 1.165) is 6.07 Å². The lowest BCUT2D eigenvalue weighted by Crippen LogP contribution is -2.07. The van der Waals surface area contributed by atoms with Crippen LogP contribution in [0.25, 0.3) is 11.3 Å². The third kappa shape index (κ3) is 2.50. The number of nitriles is 1. The van der Waals surface area contributed by atoms with E-state index in [1.807, 2.05) is 6.07 Å². The molecule has 0 radical (unpaired) electrons. The topological polar surface area (TPSA) is 62.7 Å². The second-order valence-electron chi connectivity index (χ2n) is 3.81. The zero-order chi connectivity index (χ0) is 14.0. The van der Waals surface area contributed by atoms with Crippen LogP contribution in [0.2, 0.25) is 0 Å². The quantitative estimate of drug-likeness (QED) is 0.859. The van der Waals surface area contributed by atoms with Gasteiger partial charge in [-0.1, -0.05) is 18.2 Å². The van der Waals surface area contributed by atoms with Crippen LogP contribution in [0.1, 0.15) is 11.1 Å². The normalized spacial score (nSPS) is 11.1. The number of nitrogens with two attached hydrogens (primary N) is 1. The van der Waals surface area contributed by atoms with Crippen LogP contribution in [0, 0.1) is 11.3 Å². The van der Waals surface area contributed by atoms with Gasteiger partial charge in [-0.05, 0) is 12.1 Å². The minimum atomic E-state index is -4.48. The Morgan fingerprint density at radius 1 is 1.21 bits per heavy atom. The Hall–Kier alpha value is -2.55. The van der Waals surface area contributed by atoms with Crippen LogP contribution in [0.5, 0.6) is 0 Å². The van der Waals surface area contributed by atoms with E-state index in [1.165, 1.54) is 30.5 Å². The van der Waals surface area contributed by atoms with E-state index in [1.54, 1.807) is 0 Å². The maximum Gasteiger partial charge on any atom is 0.417 e. The second-order valence-corrected chi connectivity index (χ2v) is 3.81. The number of halogens is 3. The average Bonchev–Trinajstić information content (AvgIpc) is 2.38. The molecule has 1 heterocycles. The van der Waals surface area contributed by atoms with Crippen LogP contribution in [-0.2, 0) is 6.18 Å². The van der Waals surface area contributed by atoms with Crippen molar-refractivity contribution in [1.82, 2.24) is 4.98 Å². The fourth-order valence-corrected chi connectivity index (χ4v) is 1.66. The Labute approximate surface area is 107 Å². The summed E-state index contributed by atoms with van der Waals surface area (Å²) in [5, 5.41) is 8.84. The lowest BCUT2D eigenvalue weighted by Gasteiger charge is -2.12. The number of hydrogen-bond acceptors (Lipinski definition) is 3. The second kappa shape index (κ2) is 4.61. The minimum absolute atomic E-state index is 0.0682. The first-order valence-corrected chi connectivity index (χ1v) is 5.25. The number of rotatable bonds is 1. The molecule has 0 saturated carbocycles. The molecule has 1 aromatic carbocycles. The van der Waals surface area contributed by atoms with Crippen LogP contribution in [0.4, 0.5) is 18.9 Å². The summed E-state index contributed by atoms with van der Waals surface area (Å²) in [5.74, 6) is 0. The van der Waals surface area contributed by atoms with Gasteiger partial charge >= 0.3 is 6.18 Å². The smallest absolute Gasteiger partial charge is 0.396 e. The summed E-state index contributed by atoms with van der Waals surface area (Å²) < 4.78 is 38.6. The highest BCUT2D eigenvalue weighted by Gasteiger charge is 2.33. The molecule has 3 nitrogen and oxygen atoms in total. The zero-order valence-corrected chi connectivity index (χ0v) is 9.57. The van der Waals surface area contributed by atoms with E-state index < -0.39 is 11.7 Å². The van der Waals surface area contributed by atoms with Crippen molar-refractivity contribution >= 4 is 5.69 Å². The van der Waals surface area contributed by atoms with Crippen molar-refractivity contribution < 1.29 is 13.2 Å². The average molecular weight is 263 g/mol. The predicted octanol–water partition coefficient (Wildman–Crippen LogP) is 3.22. The summed E-state index contributed by atoms with van der Waals surface area (Å²) in [7, 11) is 0. The predicted molar refractivity (Wildman–Crippen MR) is 63.8 cm³/mol. The van der Waals surface area contributed by atoms with Crippen molar-refractivity contribution in [2.24, 2.45) is 0 Å². The molecule has 0 amide bonds. The molecule has 6 heteroatoms. The van der Waals surface area contributed by atoms with Crippen molar-refractivity contribution in [2.75, 3.05) is 5.73 Å². The number of alkyl halides is 3. The first-order chi connectivity index (χ1) is 8.93. The molecule has 2 rings (SSSR count). The number of nitrogen functional groups attached to an aromatic ring is 1. The van der Waals surface area contributed by atoms with Crippen LogP contribution in [0.15, 0.2) is 36.5 Å². The Morgan fingerprint density at radius 2 is 1.89 bits per heavy atom.